The smallest absolute Gasteiger partial charge is 0.191 e. The Morgan fingerprint density at radius 1 is 1.33 bits per heavy atom. The Morgan fingerprint density at radius 3 is 2.78 bits per heavy atom. The molecule has 0 radical (unpaired) electrons. The molecule has 0 saturated carbocycles. The van der Waals surface area contributed by atoms with Crippen LogP contribution in [0.15, 0.2) is 41.0 Å². The van der Waals surface area contributed by atoms with Crippen LogP contribution in [0.1, 0.15) is 19.8 Å². The maximum atomic E-state index is 13.3. The number of hydrazone groups is 1. The summed E-state index contributed by atoms with van der Waals surface area (Å²) in [6, 6.07) is 6.36. The number of hydrogen-bond donors (Lipinski definition) is 2. The lowest BCUT2D eigenvalue weighted by Crippen LogP contribution is -2.25. The van der Waals surface area contributed by atoms with E-state index < -0.39 is 0 Å². The molecule has 1 aromatic carbocycles. The third kappa shape index (κ3) is 3.37. The molecule has 2 rings (SSSR count). The molecule has 0 spiro atoms. The van der Waals surface area contributed by atoms with E-state index in [1.807, 2.05) is 6.08 Å². The molecule has 94 valence electrons. The van der Waals surface area contributed by atoms with E-state index in [1.165, 1.54) is 11.6 Å². The molecular weight excluding hydrogens is 249 g/mol. The van der Waals surface area contributed by atoms with Gasteiger partial charge in [-0.3, -0.25) is 5.43 Å². The van der Waals surface area contributed by atoms with Gasteiger partial charge in [0.25, 0.3) is 0 Å². The van der Waals surface area contributed by atoms with Crippen LogP contribution >= 0.6 is 12.2 Å². The Labute approximate surface area is 111 Å². The van der Waals surface area contributed by atoms with Gasteiger partial charge >= 0.3 is 0 Å². The van der Waals surface area contributed by atoms with Crippen LogP contribution in [0, 0.1) is 5.82 Å². The zero-order valence-electron chi connectivity index (χ0n) is 10.0. The van der Waals surface area contributed by atoms with Crippen molar-refractivity contribution >= 4 is 28.7 Å². The molecule has 0 fully saturated rings. The summed E-state index contributed by atoms with van der Waals surface area (Å²) in [7, 11) is 0. The van der Waals surface area contributed by atoms with Crippen molar-refractivity contribution in [1.82, 2.24) is 5.43 Å². The van der Waals surface area contributed by atoms with Crippen molar-refractivity contribution in [2.24, 2.45) is 5.10 Å². The highest BCUT2D eigenvalue weighted by molar-refractivity contribution is 7.80. The number of rotatable bonds is 2. The summed E-state index contributed by atoms with van der Waals surface area (Å²) in [6.45, 7) is 2.07. The molecule has 3 nitrogen and oxygen atoms in total. The molecule has 1 aromatic rings. The number of halogens is 1. The van der Waals surface area contributed by atoms with Gasteiger partial charge in [-0.1, -0.05) is 17.7 Å². The van der Waals surface area contributed by atoms with Crippen LogP contribution in [0.3, 0.4) is 0 Å². The second-order valence-corrected chi connectivity index (χ2v) is 4.55. The van der Waals surface area contributed by atoms with Gasteiger partial charge in [0, 0.05) is 0 Å². The van der Waals surface area contributed by atoms with Gasteiger partial charge in [0.05, 0.1) is 11.4 Å². The van der Waals surface area contributed by atoms with E-state index in [9.17, 15) is 4.39 Å². The number of nitrogens with zero attached hydrogens (tertiary/aromatic N) is 1. The van der Waals surface area contributed by atoms with E-state index in [-0.39, 0.29) is 10.9 Å². The molecule has 0 heterocycles. The minimum atomic E-state index is -0.342. The highest BCUT2D eigenvalue weighted by atomic mass is 32.1. The largest absolute Gasteiger partial charge is 0.329 e. The van der Waals surface area contributed by atoms with Crippen LogP contribution in [0.5, 0.6) is 0 Å². The molecule has 1 aliphatic carbocycles. The number of para-hydroxylation sites is 1. The first-order valence-electron chi connectivity index (χ1n) is 5.70. The molecule has 2 N–H and O–H groups in total. The van der Waals surface area contributed by atoms with Gasteiger partial charge in [-0.15, -0.1) is 0 Å². The highest BCUT2D eigenvalue weighted by Gasteiger charge is 2.07. The summed E-state index contributed by atoms with van der Waals surface area (Å²) in [5, 5.41) is 7.21. The summed E-state index contributed by atoms with van der Waals surface area (Å²) >= 11 is 5.04. The Balaban J connectivity index is 1.92. The molecule has 0 aliphatic heterocycles. The van der Waals surface area contributed by atoms with Crippen molar-refractivity contribution in [2.75, 3.05) is 5.32 Å². The molecule has 0 unspecified atom stereocenters. The first-order valence-corrected chi connectivity index (χ1v) is 6.11. The molecular formula is C13H14FN3S. The van der Waals surface area contributed by atoms with E-state index in [1.54, 1.807) is 18.2 Å². The second-order valence-electron chi connectivity index (χ2n) is 4.14. The lowest BCUT2D eigenvalue weighted by Gasteiger charge is -2.07. The molecule has 1 aliphatic rings. The summed E-state index contributed by atoms with van der Waals surface area (Å²) in [5.74, 6) is -0.342. The fourth-order valence-electron chi connectivity index (χ4n) is 1.68. The number of nitrogens with one attached hydrogen (secondary N) is 2. The molecule has 0 aromatic heterocycles. The van der Waals surface area contributed by atoms with E-state index in [0.717, 1.165) is 18.6 Å². The third-order valence-electron chi connectivity index (χ3n) is 2.61. The average molecular weight is 263 g/mol. The summed E-state index contributed by atoms with van der Waals surface area (Å²) in [6.07, 6.45) is 3.98. The molecule has 0 saturated heterocycles. The van der Waals surface area contributed by atoms with E-state index >= 15 is 0 Å². The number of thiocarbonyl (C=S) groups is 1. The quantitative estimate of drug-likeness (QED) is 0.635. The predicted molar refractivity (Wildman–Crippen MR) is 76.2 cm³/mol. The van der Waals surface area contributed by atoms with Crippen LogP contribution in [-0.2, 0) is 0 Å². The number of anilines is 1. The van der Waals surface area contributed by atoms with Crippen molar-refractivity contribution < 1.29 is 4.39 Å². The normalized spacial score (nSPS) is 16.6. The maximum absolute atomic E-state index is 13.3. The molecule has 5 heteroatoms. The monoisotopic (exact) mass is 263 g/mol. The van der Waals surface area contributed by atoms with Crippen LogP contribution in [0.25, 0.3) is 0 Å². The summed E-state index contributed by atoms with van der Waals surface area (Å²) in [4.78, 5) is 0. The van der Waals surface area contributed by atoms with Crippen LogP contribution in [0.4, 0.5) is 10.1 Å². The first kappa shape index (κ1) is 12.7. The topological polar surface area (TPSA) is 36.4 Å². The number of allylic oxidation sites excluding steroid dienone is 2. The van der Waals surface area contributed by atoms with E-state index in [0.29, 0.717) is 5.69 Å². The van der Waals surface area contributed by atoms with Crippen molar-refractivity contribution in [1.29, 1.82) is 0 Å². The Morgan fingerprint density at radius 2 is 2.11 bits per heavy atom. The van der Waals surface area contributed by atoms with Crippen molar-refractivity contribution in [3.63, 3.8) is 0 Å². The van der Waals surface area contributed by atoms with Crippen molar-refractivity contribution in [3.8, 4) is 0 Å². The van der Waals surface area contributed by atoms with Crippen LogP contribution in [0.2, 0.25) is 0 Å². The fraction of sp³-hybridized carbons (Fsp3) is 0.231. The Hall–Kier alpha value is -1.75. The number of hydrogen-bond acceptors (Lipinski definition) is 2. The highest BCUT2D eigenvalue weighted by Crippen LogP contribution is 2.14. The minimum Gasteiger partial charge on any atom is -0.329 e. The predicted octanol–water partition coefficient (Wildman–Crippen LogP) is 3.21. The lowest BCUT2D eigenvalue weighted by atomic mass is 10.3. The zero-order valence-corrected chi connectivity index (χ0v) is 10.9. The molecule has 18 heavy (non-hydrogen) atoms. The fourth-order valence-corrected chi connectivity index (χ4v) is 1.83. The summed E-state index contributed by atoms with van der Waals surface area (Å²) < 4.78 is 13.3. The molecule has 0 atom stereocenters. The maximum Gasteiger partial charge on any atom is 0.191 e. The summed E-state index contributed by atoms with van der Waals surface area (Å²) in [5.41, 5.74) is 5.33. The molecule has 0 bridgehead atoms. The van der Waals surface area contributed by atoms with Gasteiger partial charge in [-0.05, 0) is 50.2 Å². The Bertz CT molecular complexity index is 523. The van der Waals surface area contributed by atoms with Gasteiger partial charge in [0.2, 0.25) is 0 Å². The second kappa shape index (κ2) is 5.73. The lowest BCUT2D eigenvalue weighted by molar-refractivity contribution is 0.632. The standard InChI is InChI=1S/C13H14FN3S/c1-9-6-7-10(8-9)16-17-13(18)15-12-5-3-2-4-11(12)14/h2-5,8H,6-7H2,1H3,(H2,15,17,18)/b16-10+. The van der Waals surface area contributed by atoms with Gasteiger partial charge in [-0.2, -0.15) is 5.10 Å². The van der Waals surface area contributed by atoms with Crippen molar-refractivity contribution in [3.05, 3.63) is 41.7 Å². The van der Waals surface area contributed by atoms with E-state index in [4.69, 9.17) is 12.2 Å². The van der Waals surface area contributed by atoms with Gasteiger partial charge in [0.15, 0.2) is 5.11 Å². The first-order chi connectivity index (χ1) is 8.65. The van der Waals surface area contributed by atoms with Gasteiger partial charge in [-0.25, -0.2) is 4.39 Å². The SMILES string of the molecule is CC1=C/C(=N/NC(=S)Nc2ccccc2F)CC1. The van der Waals surface area contributed by atoms with Crippen LogP contribution in [-0.4, -0.2) is 10.8 Å². The third-order valence-corrected chi connectivity index (χ3v) is 2.80. The minimum absolute atomic E-state index is 0.283. The zero-order chi connectivity index (χ0) is 13.0. The van der Waals surface area contributed by atoms with Gasteiger partial charge in [0.1, 0.15) is 5.82 Å². The molecule has 0 amide bonds. The van der Waals surface area contributed by atoms with Gasteiger partial charge < -0.3 is 5.32 Å². The van der Waals surface area contributed by atoms with Crippen molar-refractivity contribution in [2.45, 2.75) is 19.8 Å². The Kier molecular flexibility index (Phi) is 4.04. The number of benzene rings is 1. The van der Waals surface area contributed by atoms with Crippen LogP contribution < -0.4 is 10.7 Å². The van der Waals surface area contributed by atoms with E-state index in [2.05, 4.69) is 22.8 Å². The average Bonchev–Trinajstić information content (AvgIpc) is 2.76.